The number of fused-ring (bicyclic) bond motifs is 1. The van der Waals surface area contributed by atoms with Crippen molar-refractivity contribution in [3.05, 3.63) is 46.5 Å². The molecule has 0 fully saturated rings. The summed E-state index contributed by atoms with van der Waals surface area (Å²) < 4.78 is 48.7. The summed E-state index contributed by atoms with van der Waals surface area (Å²) in [5.74, 6) is 0.579. The molecule has 2 heterocycles. The topological polar surface area (TPSA) is 56.6 Å². The second kappa shape index (κ2) is 9.21. The number of halogens is 4. The molecule has 0 bridgehead atoms. The van der Waals surface area contributed by atoms with E-state index >= 15 is 0 Å². The SMILES string of the molecule is CCc1nc(Cl)c2n1CCN(C(=O)OC(C)(C)C)C2CCc1ccc(OC(F)(F)F)cc1. The van der Waals surface area contributed by atoms with Gasteiger partial charge in [0.15, 0.2) is 5.15 Å². The van der Waals surface area contributed by atoms with Gasteiger partial charge in [-0.1, -0.05) is 30.7 Å². The molecule has 1 aromatic heterocycles. The lowest BCUT2D eigenvalue weighted by atomic mass is 10.0. The highest BCUT2D eigenvalue weighted by Gasteiger charge is 2.37. The predicted molar refractivity (Wildman–Crippen MR) is 114 cm³/mol. The third kappa shape index (κ3) is 5.88. The molecule has 10 heteroatoms. The number of benzene rings is 1. The molecule has 0 spiro atoms. The van der Waals surface area contributed by atoms with Crippen molar-refractivity contribution < 1.29 is 27.4 Å². The highest BCUT2D eigenvalue weighted by Crippen LogP contribution is 2.36. The van der Waals surface area contributed by atoms with E-state index in [0.717, 1.165) is 17.1 Å². The molecule has 0 N–H and O–H groups in total. The molecule has 3 rings (SSSR count). The molecule has 0 saturated heterocycles. The molecule has 1 amide bonds. The number of aryl methyl sites for hydroxylation is 2. The molecular formula is C22H27ClF3N3O3. The maximum atomic E-state index is 12.9. The van der Waals surface area contributed by atoms with Crippen LogP contribution in [-0.4, -0.2) is 39.1 Å². The number of ether oxygens (including phenoxy) is 2. The van der Waals surface area contributed by atoms with Crippen molar-refractivity contribution in [2.24, 2.45) is 0 Å². The highest BCUT2D eigenvalue weighted by molar-refractivity contribution is 6.30. The van der Waals surface area contributed by atoms with Crippen LogP contribution in [0.5, 0.6) is 5.75 Å². The summed E-state index contributed by atoms with van der Waals surface area (Å²) in [5, 5.41) is 0.356. The van der Waals surface area contributed by atoms with Crippen LogP contribution in [0.25, 0.3) is 0 Å². The van der Waals surface area contributed by atoms with Crippen LogP contribution in [0.1, 0.15) is 57.2 Å². The van der Waals surface area contributed by atoms with Crippen LogP contribution in [0, 0.1) is 0 Å². The van der Waals surface area contributed by atoms with Gasteiger partial charge in [0.25, 0.3) is 0 Å². The second-order valence-electron chi connectivity index (χ2n) is 8.63. The van der Waals surface area contributed by atoms with Crippen LogP contribution in [0.3, 0.4) is 0 Å². The largest absolute Gasteiger partial charge is 0.573 e. The molecule has 0 saturated carbocycles. The fraction of sp³-hybridized carbons (Fsp3) is 0.545. The number of rotatable bonds is 5. The van der Waals surface area contributed by atoms with Gasteiger partial charge in [-0.2, -0.15) is 0 Å². The van der Waals surface area contributed by atoms with E-state index in [0.29, 0.717) is 37.5 Å². The predicted octanol–water partition coefficient (Wildman–Crippen LogP) is 5.92. The Morgan fingerprint density at radius 3 is 2.41 bits per heavy atom. The smallest absolute Gasteiger partial charge is 0.444 e. The summed E-state index contributed by atoms with van der Waals surface area (Å²) in [5.41, 5.74) is 0.927. The maximum Gasteiger partial charge on any atom is 0.573 e. The molecule has 2 aromatic rings. The van der Waals surface area contributed by atoms with Gasteiger partial charge in [-0.05, 0) is 51.3 Å². The summed E-state index contributed by atoms with van der Waals surface area (Å²) in [4.78, 5) is 19.0. The van der Waals surface area contributed by atoms with Crippen molar-refractivity contribution in [3.63, 3.8) is 0 Å². The Labute approximate surface area is 190 Å². The molecule has 6 nitrogen and oxygen atoms in total. The Hall–Kier alpha value is -2.42. The third-order valence-corrected chi connectivity index (χ3v) is 5.38. The Bertz CT molecular complexity index is 952. The minimum absolute atomic E-state index is 0.275. The zero-order chi connectivity index (χ0) is 23.7. The van der Waals surface area contributed by atoms with Crippen LogP contribution in [0.2, 0.25) is 5.15 Å². The Morgan fingerprint density at radius 2 is 1.84 bits per heavy atom. The van der Waals surface area contributed by atoms with E-state index in [1.807, 2.05) is 11.5 Å². The molecule has 176 valence electrons. The van der Waals surface area contributed by atoms with Gasteiger partial charge in [0.2, 0.25) is 0 Å². The van der Waals surface area contributed by atoms with E-state index in [2.05, 4.69) is 9.72 Å². The highest BCUT2D eigenvalue weighted by atomic mass is 35.5. The van der Waals surface area contributed by atoms with Gasteiger partial charge in [0.1, 0.15) is 17.2 Å². The zero-order valence-electron chi connectivity index (χ0n) is 18.5. The second-order valence-corrected chi connectivity index (χ2v) is 8.99. The van der Waals surface area contributed by atoms with Gasteiger partial charge in [0, 0.05) is 19.5 Å². The van der Waals surface area contributed by atoms with Gasteiger partial charge in [0.05, 0.1) is 11.7 Å². The van der Waals surface area contributed by atoms with Crippen molar-refractivity contribution in [2.75, 3.05) is 6.54 Å². The Kier molecular flexibility index (Phi) is 6.97. The number of carbonyl (C=O) groups excluding carboxylic acids is 1. The van der Waals surface area contributed by atoms with E-state index < -0.39 is 18.1 Å². The van der Waals surface area contributed by atoms with Gasteiger partial charge in [-0.15, -0.1) is 13.2 Å². The summed E-state index contributed by atoms with van der Waals surface area (Å²) in [7, 11) is 0. The first-order valence-corrected chi connectivity index (χ1v) is 10.8. The molecule has 32 heavy (non-hydrogen) atoms. The van der Waals surface area contributed by atoms with Crippen molar-refractivity contribution in [3.8, 4) is 5.75 Å². The molecule has 0 aliphatic carbocycles. The van der Waals surface area contributed by atoms with Crippen LogP contribution in [0.15, 0.2) is 24.3 Å². The first-order valence-electron chi connectivity index (χ1n) is 10.5. The van der Waals surface area contributed by atoms with Crippen molar-refractivity contribution in [1.82, 2.24) is 14.5 Å². The molecule has 1 aliphatic rings. The summed E-state index contributed by atoms with van der Waals surface area (Å²) in [6.07, 6.45) is -3.44. The van der Waals surface area contributed by atoms with Gasteiger partial charge in [-0.25, -0.2) is 9.78 Å². The molecular weight excluding hydrogens is 447 g/mol. The van der Waals surface area contributed by atoms with Gasteiger partial charge in [-0.3, -0.25) is 4.90 Å². The summed E-state index contributed by atoms with van der Waals surface area (Å²) in [6, 6.07) is 5.35. The first kappa shape index (κ1) is 24.2. The molecule has 1 aromatic carbocycles. The fourth-order valence-electron chi connectivity index (χ4n) is 3.82. The lowest BCUT2D eigenvalue weighted by molar-refractivity contribution is -0.274. The van der Waals surface area contributed by atoms with E-state index in [1.54, 1.807) is 37.8 Å². The van der Waals surface area contributed by atoms with Crippen LogP contribution < -0.4 is 4.74 Å². The number of carbonyl (C=O) groups is 1. The third-order valence-electron chi connectivity index (χ3n) is 5.10. The van der Waals surface area contributed by atoms with E-state index in [1.165, 1.54) is 12.1 Å². The van der Waals surface area contributed by atoms with E-state index in [9.17, 15) is 18.0 Å². The van der Waals surface area contributed by atoms with Crippen LogP contribution in [0.4, 0.5) is 18.0 Å². The monoisotopic (exact) mass is 473 g/mol. The van der Waals surface area contributed by atoms with E-state index in [4.69, 9.17) is 16.3 Å². The van der Waals surface area contributed by atoms with Crippen molar-refractivity contribution >= 4 is 17.7 Å². The zero-order valence-corrected chi connectivity index (χ0v) is 19.3. The number of alkyl halides is 3. The van der Waals surface area contributed by atoms with Crippen LogP contribution >= 0.6 is 11.6 Å². The van der Waals surface area contributed by atoms with Crippen molar-refractivity contribution in [2.45, 2.75) is 71.5 Å². The van der Waals surface area contributed by atoms with E-state index in [-0.39, 0.29) is 11.8 Å². The summed E-state index contributed by atoms with van der Waals surface area (Å²) >= 11 is 6.47. The number of hydrogen-bond acceptors (Lipinski definition) is 4. The standard InChI is InChI=1S/C22H27ClF3N3O3/c1-5-17-27-19(23)18-16(28(12-13-29(17)18)20(30)32-21(2,3)4)11-8-14-6-9-15(10-7-14)31-22(24,25)26/h6-7,9-10,16H,5,8,11-13H2,1-4H3. The minimum atomic E-state index is -4.73. The number of amides is 1. The molecule has 1 unspecified atom stereocenters. The maximum absolute atomic E-state index is 12.9. The molecule has 1 aliphatic heterocycles. The van der Waals surface area contributed by atoms with Crippen molar-refractivity contribution in [1.29, 1.82) is 0 Å². The first-order chi connectivity index (χ1) is 14.9. The lowest BCUT2D eigenvalue weighted by Gasteiger charge is -2.38. The van der Waals surface area contributed by atoms with Gasteiger partial charge >= 0.3 is 12.5 Å². The van der Waals surface area contributed by atoms with Crippen LogP contribution in [-0.2, 0) is 24.1 Å². The van der Waals surface area contributed by atoms with Gasteiger partial charge < -0.3 is 14.0 Å². The number of aromatic nitrogens is 2. The number of imidazole rings is 1. The minimum Gasteiger partial charge on any atom is -0.444 e. The normalized spacial score (nSPS) is 16.6. The molecule has 0 radical (unpaired) electrons. The summed E-state index contributed by atoms with van der Waals surface area (Å²) in [6.45, 7) is 8.43. The lowest BCUT2D eigenvalue weighted by Crippen LogP contribution is -2.45. The fourth-order valence-corrected chi connectivity index (χ4v) is 4.15. The average Bonchev–Trinajstić information content (AvgIpc) is 3.01. The number of hydrogen-bond donors (Lipinski definition) is 0. The Morgan fingerprint density at radius 1 is 1.19 bits per heavy atom. The molecule has 1 atom stereocenters. The quantitative estimate of drug-likeness (QED) is 0.540. The number of nitrogens with zero attached hydrogens (tertiary/aromatic N) is 3. The Balaban J connectivity index is 1.83. The average molecular weight is 474 g/mol.